The van der Waals surface area contributed by atoms with E-state index in [1.807, 2.05) is 26.0 Å². The maximum Gasteiger partial charge on any atom is 0.272 e. The Kier molecular flexibility index (Phi) is 4.32. The van der Waals surface area contributed by atoms with E-state index in [4.69, 9.17) is 9.47 Å². The third kappa shape index (κ3) is 3.26. The molecule has 0 fully saturated rings. The Bertz CT molecular complexity index is 1090. The van der Waals surface area contributed by atoms with Gasteiger partial charge in [0, 0.05) is 23.4 Å². The molecule has 2 aromatic carbocycles. The molecule has 1 amide bonds. The number of nitrogens with one attached hydrogen (secondary N) is 2. The minimum atomic E-state index is -0.412. The highest BCUT2D eigenvalue weighted by Gasteiger charge is 2.23. The van der Waals surface area contributed by atoms with Gasteiger partial charge in [-0.3, -0.25) is 9.59 Å². The highest BCUT2D eigenvalue weighted by Crippen LogP contribution is 2.38. The van der Waals surface area contributed by atoms with Gasteiger partial charge < -0.3 is 19.8 Å². The van der Waals surface area contributed by atoms with Gasteiger partial charge in [0.2, 0.25) is 0 Å². The number of rotatable bonds is 4. The van der Waals surface area contributed by atoms with E-state index in [0.29, 0.717) is 28.8 Å². The van der Waals surface area contributed by atoms with Crippen molar-refractivity contribution in [2.75, 3.05) is 11.9 Å². The minimum Gasteiger partial charge on any atom is -0.492 e. The summed E-state index contributed by atoms with van der Waals surface area (Å²) in [4.78, 5) is 27.6. The Hall–Kier alpha value is -3.28. The predicted molar refractivity (Wildman–Crippen MR) is 104 cm³/mol. The molecule has 0 saturated heterocycles. The average molecular weight is 364 g/mol. The van der Waals surface area contributed by atoms with E-state index < -0.39 is 5.91 Å². The highest BCUT2D eigenvalue weighted by molar-refractivity contribution is 6.05. The van der Waals surface area contributed by atoms with Crippen molar-refractivity contribution in [2.24, 2.45) is 0 Å². The first-order chi connectivity index (χ1) is 13.0. The second-order valence-corrected chi connectivity index (χ2v) is 6.58. The summed E-state index contributed by atoms with van der Waals surface area (Å²) in [7, 11) is 0. The first-order valence-corrected chi connectivity index (χ1v) is 8.95. The van der Waals surface area contributed by atoms with Gasteiger partial charge in [-0.25, -0.2) is 0 Å². The molecule has 0 bridgehead atoms. The SMILES string of the molecule is CCOc1cc2c(cc1NC(=O)c1cc3ccccc3c(=O)[nH]1)O[C@H](C)C2. The first-order valence-electron chi connectivity index (χ1n) is 8.95. The highest BCUT2D eigenvalue weighted by atomic mass is 16.5. The van der Waals surface area contributed by atoms with Crippen LogP contribution in [-0.2, 0) is 6.42 Å². The summed E-state index contributed by atoms with van der Waals surface area (Å²) in [6.07, 6.45) is 0.902. The molecule has 1 aliphatic rings. The first kappa shape index (κ1) is 17.1. The van der Waals surface area contributed by atoms with Crippen molar-refractivity contribution in [3.8, 4) is 11.5 Å². The number of carbonyl (C=O) groups excluding carboxylic acids is 1. The fourth-order valence-corrected chi connectivity index (χ4v) is 3.33. The molecule has 0 unspecified atom stereocenters. The van der Waals surface area contributed by atoms with Crippen molar-refractivity contribution in [1.82, 2.24) is 4.98 Å². The fraction of sp³-hybridized carbons (Fsp3) is 0.238. The van der Waals surface area contributed by atoms with Crippen LogP contribution in [0.1, 0.15) is 29.9 Å². The Morgan fingerprint density at radius 1 is 1.30 bits per heavy atom. The largest absolute Gasteiger partial charge is 0.492 e. The summed E-state index contributed by atoms with van der Waals surface area (Å²) < 4.78 is 11.5. The summed E-state index contributed by atoms with van der Waals surface area (Å²) in [6, 6.07) is 12.5. The minimum absolute atomic E-state index is 0.0947. The van der Waals surface area contributed by atoms with Crippen molar-refractivity contribution in [2.45, 2.75) is 26.4 Å². The van der Waals surface area contributed by atoms with Crippen molar-refractivity contribution >= 4 is 22.4 Å². The third-order valence-electron chi connectivity index (χ3n) is 4.54. The van der Waals surface area contributed by atoms with Gasteiger partial charge in [-0.15, -0.1) is 0 Å². The normalized spacial score (nSPS) is 15.3. The Balaban J connectivity index is 1.69. The molecule has 6 nitrogen and oxygen atoms in total. The van der Waals surface area contributed by atoms with Gasteiger partial charge in [-0.2, -0.15) is 0 Å². The van der Waals surface area contributed by atoms with Crippen LogP contribution < -0.4 is 20.3 Å². The molecule has 1 atom stereocenters. The number of benzene rings is 2. The number of pyridine rings is 1. The second kappa shape index (κ2) is 6.79. The van der Waals surface area contributed by atoms with Crippen LogP contribution in [0, 0.1) is 0 Å². The number of aromatic nitrogens is 1. The van der Waals surface area contributed by atoms with E-state index in [1.54, 1.807) is 30.3 Å². The summed E-state index contributed by atoms with van der Waals surface area (Å²) in [6.45, 7) is 4.36. The lowest BCUT2D eigenvalue weighted by Crippen LogP contribution is -2.19. The third-order valence-corrected chi connectivity index (χ3v) is 4.54. The molecule has 2 heterocycles. The van der Waals surface area contributed by atoms with E-state index in [9.17, 15) is 9.59 Å². The van der Waals surface area contributed by atoms with E-state index in [-0.39, 0.29) is 17.4 Å². The van der Waals surface area contributed by atoms with Crippen LogP contribution in [-0.4, -0.2) is 23.6 Å². The summed E-state index contributed by atoms with van der Waals surface area (Å²) >= 11 is 0. The van der Waals surface area contributed by atoms with Crippen LogP contribution in [0.2, 0.25) is 0 Å². The second-order valence-electron chi connectivity index (χ2n) is 6.58. The molecule has 27 heavy (non-hydrogen) atoms. The van der Waals surface area contributed by atoms with E-state index >= 15 is 0 Å². The number of ether oxygens (including phenoxy) is 2. The molecule has 1 aliphatic heterocycles. The number of fused-ring (bicyclic) bond motifs is 2. The predicted octanol–water partition coefficient (Wildman–Crippen LogP) is 3.50. The molecule has 2 N–H and O–H groups in total. The number of hydrogen-bond acceptors (Lipinski definition) is 4. The summed E-state index contributed by atoms with van der Waals surface area (Å²) in [5.74, 6) is 0.920. The molecule has 0 spiro atoms. The number of anilines is 1. The molecule has 0 aliphatic carbocycles. The summed E-state index contributed by atoms with van der Waals surface area (Å²) in [5.41, 5.74) is 1.47. The van der Waals surface area contributed by atoms with Crippen LogP contribution >= 0.6 is 0 Å². The van der Waals surface area contributed by atoms with Gasteiger partial charge in [-0.1, -0.05) is 18.2 Å². The van der Waals surface area contributed by atoms with Crippen molar-refractivity contribution in [3.63, 3.8) is 0 Å². The fourth-order valence-electron chi connectivity index (χ4n) is 3.33. The number of aromatic amines is 1. The number of hydrogen-bond donors (Lipinski definition) is 2. The monoisotopic (exact) mass is 364 g/mol. The van der Waals surface area contributed by atoms with Crippen molar-refractivity contribution < 1.29 is 14.3 Å². The van der Waals surface area contributed by atoms with Crippen LogP contribution in [0.5, 0.6) is 11.5 Å². The van der Waals surface area contributed by atoms with Crippen LogP contribution in [0.25, 0.3) is 10.8 Å². The molecule has 4 rings (SSSR count). The standard InChI is InChI=1S/C21H20N2O4/c1-3-26-19-10-14-8-12(2)27-18(14)11-16(19)22-21(25)17-9-13-6-4-5-7-15(13)20(24)23-17/h4-7,9-12H,3,8H2,1-2H3,(H,22,25)(H,23,24)/t12-/m1/s1. The molecular formula is C21H20N2O4. The quantitative estimate of drug-likeness (QED) is 0.742. The maximum absolute atomic E-state index is 12.8. The van der Waals surface area contributed by atoms with Gasteiger partial charge in [0.1, 0.15) is 23.3 Å². The Morgan fingerprint density at radius 3 is 2.93 bits per heavy atom. The van der Waals surface area contributed by atoms with Gasteiger partial charge in [-0.05, 0) is 37.4 Å². The maximum atomic E-state index is 12.8. The molecule has 1 aromatic heterocycles. The average Bonchev–Trinajstić information content (AvgIpc) is 3.01. The summed E-state index contributed by atoms with van der Waals surface area (Å²) in [5, 5.41) is 4.09. The van der Waals surface area contributed by atoms with Gasteiger partial charge in [0.15, 0.2) is 0 Å². The Labute approximate surface area is 156 Å². The van der Waals surface area contributed by atoms with Crippen LogP contribution in [0.4, 0.5) is 5.69 Å². The van der Waals surface area contributed by atoms with Gasteiger partial charge >= 0.3 is 0 Å². The zero-order valence-electron chi connectivity index (χ0n) is 15.2. The van der Waals surface area contributed by atoms with Crippen LogP contribution in [0.15, 0.2) is 47.3 Å². The molecule has 6 heteroatoms. The van der Waals surface area contributed by atoms with Gasteiger partial charge in [0.05, 0.1) is 12.3 Å². The molecule has 3 aromatic rings. The molecule has 138 valence electrons. The van der Waals surface area contributed by atoms with E-state index in [1.165, 1.54) is 0 Å². The molecular weight excluding hydrogens is 344 g/mol. The number of carbonyl (C=O) groups is 1. The van der Waals surface area contributed by atoms with E-state index in [2.05, 4.69) is 10.3 Å². The zero-order valence-corrected chi connectivity index (χ0v) is 15.2. The lowest BCUT2D eigenvalue weighted by atomic mass is 10.1. The lowest BCUT2D eigenvalue weighted by molar-refractivity contribution is 0.102. The van der Waals surface area contributed by atoms with Crippen molar-refractivity contribution in [3.05, 3.63) is 64.1 Å². The topological polar surface area (TPSA) is 80.4 Å². The Morgan fingerprint density at radius 2 is 2.11 bits per heavy atom. The smallest absolute Gasteiger partial charge is 0.272 e. The van der Waals surface area contributed by atoms with Gasteiger partial charge in [0.25, 0.3) is 11.5 Å². The molecule has 0 saturated carbocycles. The molecule has 0 radical (unpaired) electrons. The van der Waals surface area contributed by atoms with E-state index in [0.717, 1.165) is 17.7 Å². The van der Waals surface area contributed by atoms with Crippen LogP contribution in [0.3, 0.4) is 0 Å². The lowest BCUT2D eigenvalue weighted by Gasteiger charge is -2.13. The van der Waals surface area contributed by atoms with Crippen molar-refractivity contribution in [1.29, 1.82) is 0 Å². The number of amides is 1. The number of H-pyrrole nitrogens is 1. The zero-order chi connectivity index (χ0) is 19.0.